The van der Waals surface area contributed by atoms with Crippen molar-refractivity contribution in [2.24, 2.45) is 5.41 Å². The molecule has 21 heavy (non-hydrogen) atoms. The zero-order valence-electron chi connectivity index (χ0n) is 12.5. The Bertz CT molecular complexity index is 589. The van der Waals surface area contributed by atoms with Gasteiger partial charge in [0, 0.05) is 11.9 Å². The number of pyridine rings is 1. The van der Waals surface area contributed by atoms with Crippen LogP contribution in [0.2, 0.25) is 0 Å². The molecule has 1 aromatic heterocycles. The summed E-state index contributed by atoms with van der Waals surface area (Å²) in [5.74, 6) is -0.114. The molecule has 0 aliphatic carbocycles. The van der Waals surface area contributed by atoms with Crippen LogP contribution in [0, 0.1) is 5.41 Å². The molecule has 1 atom stereocenters. The molecule has 0 aliphatic rings. The minimum Gasteiger partial charge on any atom is -0.252 e. The highest BCUT2D eigenvalue weighted by Crippen LogP contribution is 2.37. The van der Waals surface area contributed by atoms with Gasteiger partial charge in [-0.1, -0.05) is 27.7 Å². The highest BCUT2D eigenvalue weighted by molar-refractivity contribution is 7.91. The second kappa shape index (κ2) is 5.94. The molecule has 0 aromatic carbocycles. The van der Waals surface area contributed by atoms with Gasteiger partial charge in [0.25, 0.3) is 0 Å². The first-order valence-corrected chi connectivity index (χ1v) is 8.33. The van der Waals surface area contributed by atoms with E-state index < -0.39 is 27.0 Å². The molecule has 1 aromatic rings. The number of nitrogens with zero attached hydrogens (tertiary/aromatic N) is 1. The Hall–Kier alpha value is -1.11. The molecule has 0 saturated carbocycles. The van der Waals surface area contributed by atoms with Gasteiger partial charge in [-0.25, -0.2) is 8.42 Å². The van der Waals surface area contributed by atoms with E-state index in [1.165, 1.54) is 13.0 Å². The average Bonchev–Trinajstić information content (AvgIpc) is 2.34. The summed E-state index contributed by atoms with van der Waals surface area (Å²) < 4.78 is 62.7. The second-order valence-corrected chi connectivity index (χ2v) is 8.65. The first kappa shape index (κ1) is 17.9. The molecule has 0 spiro atoms. The molecule has 7 heteroatoms. The van der Waals surface area contributed by atoms with Crippen LogP contribution in [0.5, 0.6) is 0 Å². The van der Waals surface area contributed by atoms with Crippen LogP contribution in [-0.4, -0.2) is 19.2 Å². The highest BCUT2D eigenvalue weighted by Gasteiger charge is 2.35. The van der Waals surface area contributed by atoms with Gasteiger partial charge in [0.1, 0.15) is 5.69 Å². The van der Waals surface area contributed by atoms with E-state index in [0.717, 1.165) is 12.3 Å². The molecule has 1 rings (SSSR count). The lowest BCUT2D eigenvalue weighted by Gasteiger charge is -2.26. The third-order valence-corrected chi connectivity index (χ3v) is 5.19. The Labute approximate surface area is 123 Å². The number of sulfone groups is 1. The first-order valence-electron chi connectivity index (χ1n) is 6.61. The van der Waals surface area contributed by atoms with Crippen LogP contribution in [0.1, 0.15) is 50.6 Å². The van der Waals surface area contributed by atoms with Crippen molar-refractivity contribution in [2.75, 3.05) is 5.75 Å². The highest BCUT2D eigenvalue weighted by atomic mass is 32.2. The fourth-order valence-corrected chi connectivity index (χ4v) is 3.73. The lowest BCUT2D eigenvalue weighted by atomic mass is 9.88. The van der Waals surface area contributed by atoms with Gasteiger partial charge in [-0.05, 0) is 29.5 Å². The van der Waals surface area contributed by atoms with E-state index in [2.05, 4.69) is 4.98 Å². The van der Waals surface area contributed by atoms with Gasteiger partial charge >= 0.3 is 6.18 Å². The number of hydrogen-bond acceptors (Lipinski definition) is 3. The summed E-state index contributed by atoms with van der Waals surface area (Å²) in [7, 11) is -3.50. The van der Waals surface area contributed by atoms with Crippen LogP contribution in [0.25, 0.3) is 0 Å². The number of rotatable bonds is 4. The third kappa shape index (κ3) is 4.98. The van der Waals surface area contributed by atoms with Gasteiger partial charge in [0.2, 0.25) is 0 Å². The molecule has 0 saturated heterocycles. The topological polar surface area (TPSA) is 47.0 Å². The monoisotopic (exact) mass is 323 g/mol. The molecule has 0 radical (unpaired) electrons. The molecule has 3 nitrogen and oxygen atoms in total. The normalized spacial score (nSPS) is 15.0. The number of hydrogen-bond donors (Lipinski definition) is 0. The van der Waals surface area contributed by atoms with E-state index in [-0.39, 0.29) is 23.2 Å². The maximum atomic E-state index is 12.7. The lowest BCUT2D eigenvalue weighted by molar-refractivity contribution is -0.141. The Kier molecular flexibility index (Phi) is 5.08. The predicted molar refractivity (Wildman–Crippen MR) is 75.5 cm³/mol. The quantitative estimate of drug-likeness (QED) is 0.841. The molecule has 0 aliphatic heterocycles. The molecule has 0 amide bonds. The first-order chi connectivity index (χ1) is 9.37. The van der Waals surface area contributed by atoms with Crippen molar-refractivity contribution >= 4 is 9.84 Å². The van der Waals surface area contributed by atoms with E-state index in [9.17, 15) is 21.6 Å². The van der Waals surface area contributed by atoms with Gasteiger partial charge in [0.15, 0.2) is 9.84 Å². The van der Waals surface area contributed by atoms with Crippen molar-refractivity contribution in [3.05, 3.63) is 29.6 Å². The van der Waals surface area contributed by atoms with Crippen LogP contribution in [0.15, 0.2) is 18.3 Å². The smallest absolute Gasteiger partial charge is 0.252 e. The Morgan fingerprint density at radius 1 is 1.24 bits per heavy atom. The Morgan fingerprint density at radius 2 is 1.81 bits per heavy atom. The summed E-state index contributed by atoms with van der Waals surface area (Å²) in [4.78, 5) is 3.28. The number of aromatic nitrogens is 1. The van der Waals surface area contributed by atoms with Crippen LogP contribution >= 0.6 is 0 Å². The molecule has 0 unspecified atom stereocenters. The minimum atomic E-state index is -4.59. The Morgan fingerprint density at radius 3 is 2.24 bits per heavy atom. The molecule has 120 valence electrons. The van der Waals surface area contributed by atoms with E-state index in [1.807, 2.05) is 20.8 Å². The van der Waals surface area contributed by atoms with E-state index in [4.69, 9.17) is 0 Å². The summed E-state index contributed by atoms with van der Waals surface area (Å²) in [6, 6.07) is 2.18. The largest absolute Gasteiger partial charge is 0.433 e. The minimum absolute atomic E-state index is 0.114. The van der Waals surface area contributed by atoms with Gasteiger partial charge in [-0.3, -0.25) is 4.98 Å². The summed E-state index contributed by atoms with van der Waals surface area (Å²) in [5.41, 5.74) is -1.24. The second-order valence-electron chi connectivity index (χ2n) is 6.18. The predicted octanol–water partition coefficient (Wildman–Crippen LogP) is 4.01. The molecule has 1 heterocycles. The Balaban J connectivity index is 3.34. The van der Waals surface area contributed by atoms with Crippen molar-refractivity contribution in [2.45, 2.75) is 45.5 Å². The van der Waals surface area contributed by atoms with Crippen molar-refractivity contribution in [3.8, 4) is 0 Å². The summed E-state index contributed by atoms with van der Waals surface area (Å²) in [5, 5.41) is -0.952. The van der Waals surface area contributed by atoms with Crippen LogP contribution in [-0.2, 0) is 16.0 Å². The van der Waals surface area contributed by atoms with Crippen molar-refractivity contribution in [3.63, 3.8) is 0 Å². The summed E-state index contributed by atoms with van der Waals surface area (Å²) >= 11 is 0. The van der Waals surface area contributed by atoms with Crippen molar-refractivity contribution < 1.29 is 21.6 Å². The summed E-state index contributed by atoms with van der Waals surface area (Å²) in [6.45, 7) is 7.07. The fraction of sp³-hybridized carbons (Fsp3) is 0.643. The molecule has 0 bridgehead atoms. The van der Waals surface area contributed by atoms with Gasteiger partial charge < -0.3 is 0 Å². The van der Waals surface area contributed by atoms with E-state index in [1.54, 1.807) is 0 Å². The van der Waals surface area contributed by atoms with Gasteiger partial charge in [-0.2, -0.15) is 13.2 Å². The van der Waals surface area contributed by atoms with Crippen LogP contribution in [0.4, 0.5) is 13.2 Å². The molecular weight excluding hydrogens is 303 g/mol. The molecule has 0 N–H and O–H groups in total. The molecule has 0 fully saturated rings. The van der Waals surface area contributed by atoms with Gasteiger partial charge in [0.05, 0.1) is 5.25 Å². The zero-order chi connectivity index (χ0) is 16.5. The van der Waals surface area contributed by atoms with E-state index >= 15 is 0 Å². The zero-order valence-corrected chi connectivity index (χ0v) is 13.3. The van der Waals surface area contributed by atoms with Crippen molar-refractivity contribution in [1.82, 2.24) is 4.98 Å². The lowest BCUT2D eigenvalue weighted by Crippen LogP contribution is -2.22. The third-order valence-electron chi connectivity index (χ3n) is 3.08. The van der Waals surface area contributed by atoms with Gasteiger partial charge in [-0.15, -0.1) is 0 Å². The van der Waals surface area contributed by atoms with Crippen LogP contribution in [0.3, 0.4) is 0 Å². The average molecular weight is 323 g/mol. The van der Waals surface area contributed by atoms with E-state index in [0.29, 0.717) is 0 Å². The maximum Gasteiger partial charge on any atom is 0.433 e. The van der Waals surface area contributed by atoms with Crippen LogP contribution < -0.4 is 0 Å². The number of alkyl halides is 3. The standard InChI is InChI=1S/C14H20F3NO2S/c1-5-21(19,20)11(9-13(2,3)4)10-6-7-18-12(8-10)14(15,16)17/h6-8,11H,5,9H2,1-4H3/t11-/m1/s1. The summed E-state index contributed by atoms with van der Waals surface area (Å²) in [6.07, 6.45) is -3.32. The fourth-order valence-electron chi connectivity index (χ4n) is 2.01. The number of halogens is 3. The maximum absolute atomic E-state index is 12.7. The molecular formula is C14H20F3NO2S. The van der Waals surface area contributed by atoms with Crippen molar-refractivity contribution in [1.29, 1.82) is 0 Å². The SMILES string of the molecule is CCS(=O)(=O)[C@H](CC(C)(C)C)c1ccnc(C(F)(F)F)c1.